The summed E-state index contributed by atoms with van der Waals surface area (Å²) in [5.74, 6) is 1.04. The van der Waals surface area contributed by atoms with Crippen LogP contribution in [0.2, 0.25) is 0 Å². The van der Waals surface area contributed by atoms with E-state index in [9.17, 15) is 4.79 Å². The van der Waals surface area contributed by atoms with Crippen molar-refractivity contribution < 1.29 is 4.79 Å². The SMILES string of the molecule is CC=CC(=O)C1(C)C(C)C=C(C)CC1C. The molecule has 0 saturated carbocycles. The van der Waals surface area contributed by atoms with E-state index in [-0.39, 0.29) is 11.2 Å². The molecule has 0 saturated heterocycles. The molecule has 1 nitrogen and oxygen atoms in total. The molecular formula is C14H22O. The van der Waals surface area contributed by atoms with Gasteiger partial charge in [-0.05, 0) is 38.2 Å². The Labute approximate surface area is 93.3 Å². The summed E-state index contributed by atoms with van der Waals surface area (Å²) in [5.41, 5.74) is 1.20. The lowest BCUT2D eigenvalue weighted by molar-refractivity contribution is -0.128. The molecule has 0 spiro atoms. The Morgan fingerprint density at radius 1 is 1.53 bits per heavy atom. The van der Waals surface area contributed by atoms with Gasteiger partial charge in [0.2, 0.25) is 0 Å². The van der Waals surface area contributed by atoms with Crippen molar-refractivity contribution in [3.63, 3.8) is 0 Å². The summed E-state index contributed by atoms with van der Waals surface area (Å²) in [4.78, 5) is 12.1. The Kier molecular flexibility index (Phi) is 3.54. The highest BCUT2D eigenvalue weighted by Crippen LogP contribution is 2.44. The zero-order valence-electron chi connectivity index (χ0n) is 10.5. The van der Waals surface area contributed by atoms with Crippen molar-refractivity contribution in [2.24, 2.45) is 17.3 Å². The molecule has 0 aromatic carbocycles. The second-order valence-electron chi connectivity index (χ2n) is 5.05. The van der Waals surface area contributed by atoms with Crippen LogP contribution in [-0.4, -0.2) is 5.78 Å². The van der Waals surface area contributed by atoms with Crippen molar-refractivity contribution in [1.29, 1.82) is 0 Å². The van der Waals surface area contributed by atoms with E-state index in [0.717, 1.165) is 6.42 Å². The standard InChI is InChI=1S/C14H22O/c1-6-7-13(15)14(5)11(3)8-10(2)9-12(14)4/h6-8,11-12H,9H2,1-5H3. The molecule has 1 rings (SSSR count). The van der Waals surface area contributed by atoms with Crippen molar-refractivity contribution in [2.45, 2.75) is 41.0 Å². The van der Waals surface area contributed by atoms with Gasteiger partial charge in [-0.3, -0.25) is 4.79 Å². The largest absolute Gasteiger partial charge is 0.294 e. The molecular weight excluding hydrogens is 184 g/mol. The van der Waals surface area contributed by atoms with Crippen molar-refractivity contribution in [1.82, 2.24) is 0 Å². The van der Waals surface area contributed by atoms with Gasteiger partial charge in [0.1, 0.15) is 0 Å². The van der Waals surface area contributed by atoms with Crippen LogP contribution in [0.1, 0.15) is 41.0 Å². The molecule has 1 aliphatic rings. The van der Waals surface area contributed by atoms with Crippen LogP contribution in [0.5, 0.6) is 0 Å². The van der Waals surface area contributed by atoms with Crippen molar-refractivity contribution in [2.75, 3.05) is 0 Å². The summed E-state index contributed by atoms with van der Waals surface area (Å²) in [6, 6.07) is 0. The third-order valence-electron chi connectivity index (χ3n) is 3.98. The summed E-state index contributed by atoms with van der Waals surface area (Å²) in [6.07, 6.45) is 6.87. The van der Waals surface area contributed by atoms with Gasteiger partial charge in [-0.1, -0.05) is 38.5 Å². The van der Waals surface area contributed by atoms with Crippen molar-refractivity contribution >= 4 is 5.78 Å². The van der Waals surface area contributed by atoms with E-state index in [1.54, 1.807) is 6.08 Å². The molecule has 0 fully saturated rings. The number of allylic oxidation sites excluding steroid dienone is 4. The summed E-state index contributed by atoms with van der Waals surface area (Å²) in [6.45, 7) is 10.5. The third-order valence-corrected chi connectivity index (χ3v) is 3.98. The van der Waals surface area contributed by atoms with Gasteiger partial charge in [0.15, 0.2) is 5.78 Å². The van der Waals surface area contributed by atoms with E-state index < -0.39 is 0 Å². The summed E-state index contributed by atoms with van der Waals surface area (Å²) >= 11 is 0. The number of rotatable bonds is 2. The normalized spacial score (nSPS) is 36.7. The van der Waals surface area contributed by atoms with Crippen LogP contribution in [0, 0.1) is 17.3 Å². The highest BCUT2D eigenvalue weighted by Gasteiger charge is 2.43. The fourth-order valence-corrected chi connectivity index (χ4v) is 2.61. The average molecular weight is 206 g/mol. The maximum Gasteiger partial charge on any atom is 0.162 e. The molecule has 0 amide bonds. The molecule has 1 aliphatic carbocycles. The van der Waals surface area contributed by atoms with E-state index in [4.69, 9.17) is 0 Å². The van der Waals surface area contributed by atoms with Crippen LogP contribution < -0.4 is 0 Å². The number of hydrogen-bond acceptors (Lipinski definition) is 1. The zero-order chi connectivity index (χ0) is 11.6. The zero-order valence-corrected chi connectivity index (χ0v) is 10.5. The quantitative estimate of drug-likeness (QED) is 0.496. The van der Waals surface area contributed by atoms with E-state index in [2.05, 4.69) is 33.8 Å². The molecule has 0 aliphatic heterocycles. The first-order valence-corrected chi connectivity index (χ1v) is 5.77. The minimum Gasteiger partial charge on any atom is -0.294 e. The first-order chi connectivity index (χ1) is 6.92. The monoisotopic (exact) mass is 206 g/mol. The van der Waals surface area contributed by atoms with Gasteiger partial charge in [-0.15, -0.1) is 0 Å². The molecule has 0 aromatic heterocycles. The van der Waals surface area contributed by atoms with Crippen LogP contribution in [-0.2, 0) is 4.79 Å². The van der Waals surface area contributed by atoms with E-state index in [1.165, 1.54) is 5.57 Å². The second kappa shape index (κ2) is 4.34. The first kappa shape index (κ1) is 12.2. The van der Waals surface area contributed by atoms with Crippen molar-refractivity contribution in [3.8, 4) is 0 Å². The third kappa shape index (κ3) is 2.06. The molecule has 0 radical (unpaired) electrons. The Bertz CT molecular complexity index is 311. The lowest BCUT2D eigenvalue weighted by Crippen LogP contribution is -2.41. The summed E-state index contributed by atoms with van der Waals surface area (Å²) in [7, 11) is 0. The molecule has 0 N–H and O–H groups in total. The molecule has 3 atom stereocenters. The maximum atomic E-state index is 12.1. The van der Waals surface area contributed by atoms with Crippen LogP contribution >= 0.6 is 0 Å². The Balaban J connectivity index is 3.06. The second-order valence-corrected chi connectivity index (χ2v) is 5.05. The van der Waals surface area contributed by atoms with Gasteiger partial charge < -0.3 is 0 Å². The number of carbonyl (C=O) groups is 1. The first-order valence-electron chi connectivity index (χ1n) is 5.77. The summed E-state index contributed by atoms with van der Waals surface area (Å²) < 4.78 is 0. The van der Waals surface area contributed by atoms with Gasteiger partial charge in [0.25, 0.3) is 0 Å². The van der Waals surface area contributed by atoms with Crippen LogP contribution in [0.3, 0.4) is 0 Å². The van der Waals surface area contributed by atoms with Gasteiger partial charge in [-0.25, -0.2) is 0 Å². The van der Waals surface area contributed by atoms with Gasteiger partial charge in [0, 0.05) is 5.41 Å². The smallest absolute Gasteiger partial charge is 0.162 e. The Hall–Kier alpha value is -0.850. The van der Waals surface area contributed by atoms with Crippen molar-refractivity contribution in [3.05, 3.63) is 23.8 Å². The number of hydrogen-bond donors (Lipinski definition) is 0. The van der Waals surface area contributed by atoms with E-state index >= 15 is 0 Å². The Morgan fingerprint density at radius 3 is 2.60 bits per heavy atom. The van der Waals surface area contributed by atoms with Gasteiger partial charge in [0.05, 0.1) is 0 Å². The Morgan fingerprint density at radius 2 is 2.13 bits per heavy atom. The summed E-state index contributed by atoms with van der Waals surface area (Å²) in [5, 5.41) is 0. The predicted octanol–water partition coefficient (Wildman–Crippen LogP) is 3.76. The lowest BCUT2D eigenvalue weighted by atomic mass is 9.61. The number of carbonyl (C=O) groups excluding carboxylic acids is 1. The van der Waals surface area contributed by atoms with Crippen LogP contribution in [0.4, 0.5) is 0 Å². The number of ketones is 1. The van der Waals surface area contributed by atoms with Gasteiger partial charge in [-0.2, -0.15) is 0 Å². The fraction of sp³-hybridized carbons (Fsp3) is 0.643. The maximum absolute atomic E-state index is 12.1. The molecule has 15 heavy (non-hydrogen) atoms. The highest BCUT2D eigenvalue weighted by atomic mass is 16.1. The van der Waals surface area contributed by atoms with Gasteiger partial charge >= 0.3 is 0 Å². The van der Waals surface area contributed by atoms with Crippen LogP contribution in [0.25, 0.3) is 0 Å². The van der Waals surface area contributed by atoms with E-state index in [0.29, 0.717) is 11.8 Å². The van der Waals surface area contributed by atoms with E-state index in [1.807, 2.05) is 13.0 Å². The topological polar surface area (TPSA) is 17.1 Å². The molecule has 1 heteroatoms. The molecule has 0 bridgehead atoms. The molecule has 3 unspecified atom stereocenters. The highest BCUT2D eigenvalue weighted by molar-refractivity contribution is 5.95. The minimum atomic E-state index is -0.216. The molecule has 0 heterocycles. The lowest BCUT2D eigenvalue weighted by Gasteiger charge is -2.41. The fourth-order valence-electron chi connectivity index (χ4n) is 2.61. The minimum absolute atomic E-state index is 0.216. The predicted molar refractivity (Wildman–Crippen MR) is 64.6 cm³/mol. The molecule has 0 aromatic rings. The average Bonchev–Trinajstić information content (AvgIpc) is 2.14. The van der Waals surface area contributed by atoms with Crippen LogP contribution in [0.15, 0.2) is 23.8 Å². The molecule has 84 valence electrons.